The molecule has 0 radical (unpaired) electrons. The Morgan fingerprint density at radius 1 is 1.00 bits per heavy atom. The fourth-order valence-corrected chi connectivity index (χ4v) is 3.11. The Balaban J connectivity index is 2.93. The zero-order valence-corrected chi connectivity index (χ0v) is 16.6. The van der Waals surface area contributed by atoms with Gasteiger partial charge in [-0.2, -0.15) is 0 Å². The highest BCUT2D eigenvalue weighted by Gasteiger charge is 2.26. The third kappa shape index (κ3) is 6.69. The molecule has 0 aliphatic rings. The highest BCUT2D eigenvalue weighted by molar-refractivity contribution is 5.92. The molecule has 0 aliphatic carbocycles. The predicted octanol–water partition coefficient (Wildman–Crippen LogP) is 4.06. The van der Waals surface area contributed by atoms with E-state index in [1.807, 2.05) is 13.8 Å². The van der Waals surface area contributed by atoms with E-state index in [9.17, 15) is 4.79 Å². The fourth-order valence-electron chi connectivity index (χ4n) is 3.11. The minimum Gasteiger partial charge on any atom is -0.493 e. The predicted molar refractivity (Wildman–Crippen MR) is 101 cm³/mol. The number of nitrogens with one attached hydrogen (secondary N) is 1. The lowest BCUT2D eigenvalue weighted by Crippen LogP contribution is -2.45. The fraction of sp³-hybridized carbons (Fsp3) is 0.550. The molecule has 0 spiro atoms. The second-order valence-electron chi connectivity index (χ2n) is 7.90. The highest BCUT2D eigenvalue weighted by atomic mass is 16.5. The van der Waals surface area contributed by atoms with Crippen molar-refractivity contribution in [2.75, 3.05) is 21.3 Å². The van der Waals surface area contributed by atoms with Crippen LogP contribution in [0.4, 0.5) is 0 Å². The molecular weight excluding hydrogens is 318 g/mol. The molecule has 0 aliphatic heterocycles. The molecular formula is C20H31NO4. The highest BCUT2D eigenvalue weighted by Crippen LogP contribution is 2.38. The number of methoxy groups -OCH3 is 3. The summed E-state index contributed by atoms with van der Waals surface area (Å²) >= 11 is 0. The number of hydrogen-bond donors (Lipinski definition) is 1. The van der Waals surface area contributed by atoms with Crippen molar-refractivity contribution in [1.82, 2.24) is 5.32 Å². The molecule has 5 heteroatoms. The van der Waals surface area contributed by atoms with Crippen LogP contribution < -0.4 is 19.5 Å². The summed E-state index contributed by atoms with van der Waals surface area (Å²) in [7, 11) is 4.68. The van der Waals surface area contributed by atoms with Gasteiger partial charge in [0.05, 0.1) is 21.3 Å². The maximum absolute atomic E-state index is 12.3. The Bertz CT molecular complexity index is 602. The summed E-state index contributed by atoms with van der Waals surface area (Å²) in [5.74, 6) is 1.49. The molecule has 0 bridgehead atoms. The maximum atomic E-state index is 12.3. The Morgan fingerprint density at radius 3 is 1.92 bits per heavy atom. The van der Waals surface area contributed by atoms with Crippen molar-refractivity contribution in [3.8, 4) is 17.2 Å². The normalized spacial score (nSPS) is 12.2. The topological polar surface area (TPSA) is 56.8 Å². The van der Waals surface area contributed by atoms with Crippen LogP contribution in [0, 0.1) is 5.41 Å². The maximum Gasteiger partial charge on any atom is 0.244 e. The first-order valence-electron chi connectivity index (χ1n) is 8.31. The number of carbonyl (C=O) groups excluding carboxylic acids is 1. The lowest BCUT2D eigenvalue weighted by molar-refractivity contribution is -0.118. The van der Waals surface area contributed by atoms with E-state index in [-0.39, 0.29) is 16.9 Å². The average molecular weight is 349 g/mol. The first kappa shape index (κ1) is 20.9. The van der Waals surface area contributed by atoms with E-state index in [0.29, 0.717) is 17.2 Å². The van der Waals surface area contributed by atoms with Gasteiger partial charge in [-0.3, -0.25) is 4.79 Å². The van der Waals surface area contributed by atoms with Crippen LogP contribution in [0.2, 0.25) is 0 Å². The molecule has 140 valence electrons. The smallest absolute Gasteiger partial charge is 0.244 e. The van der Waals surface area contributed by atoms with Gasteiger partial charge < -0.3 is 19.5 Å². The SMILES string of the molecule is COc1cc(/C=C/C(=O)NC(C)(C)CC(C)(C)C)cc(OC)c1OC. The molecule has 25 heavy (non-hydrogen) atoms. The summed E-state index contributed by atoms with van der Waals surface area (Å²) in [5, 5.41) is 3.05. The second kappa shape index (κ2) is 8.28. The largest absolute Gasteiger partial charge is 0.493 e. The Hall–Kier alpha value is -2.17. The van der Waals surface area contributed by atoms with Gasteiger partial charge >= 0.3 is 0 Å². The van der Waals surface area contributed by atoms with Gasteiger partial charge in [-0.05, 0) is 49.5 Å². The van der Waals surface area contributed by atoms with Crippen LogP contribution in [0.25, 0.3) is 6.08 Å². The zero-order chi connectivity index (χ0) is 19.3. The molecule has 0 heterocycles. The van der Waals surface area contributed by atoms with Crippen LogP contribution in [0.1, 0.15) is 46.6 Å². The molecule has 1 aromatic carbocycles. The van der Waals surface area contributed by atoms with Crippen LogP contribution in [0.15, 0.2) is 18.2 Å². The molecule has 1 aromatic rings. The van der Waals surface area contributed by atoms with Crippen molar-refractivity contribution in [2.45, 2.75) is 46.6 Å². The van der Waals surface area contributed by atoms with Crippen molar-refractivity contribution in [3.05, 3.63) is 23.8 Å². The first-order chi connectivity index (χ1) is 11.5. The lowest BCUT2D eigenvalue weighted by Gasteiger charge is -2.32. The van der Waals surface area contributed by atoms with Crippen molar-refractivity contribution in [1.29, 1.82) is 0 Å². The standard InChI is InChI=1S/C20H31NO4/c1-19(2,3)13-20(4,5)21-17(22)10-9-14-11-15(23-6)18(25-8)16(12-14)24-7/h9-12H,13H2,1-8H3,(H,21,22)/b10-9+. The Labute approximate surface area is 151 Å². The zero-order valence-electron chi connectivity index (χ0n) is 16.6. The van der Waals surface area contributed by atoms with Gasteiger partial charge in [-0.1, -0.05) is 20.8 Å². The number of carbonyl (C=O) groups is 1. The summed E-state index contributed by atoms with van der Waals surface area (Å²) in [4.78, 5) is 12.3. The van der Waals surface area contributed by atoms with Gasteiger partial charge in [0.2, 0.25) is 11.7 Å². The van der Waals surface area contributed by atoms with Crippen molar-refractivity contribution < 1.29 is 19.0 Å². The number of rotatable bonds is 7. The molecule has 0 atom stereocenters. The molecule has 0 aromatic heterocycles. The molecule has 1 N–H and O–H groups in total. The van der Waals surface area contributed by atoms with Crippen LogP contribution in [0.3, 0.4) is 0 Å². The van der Waals surface area contributed by atoms with Crippen LogP contribution in [-0.2, 0) is 4.79 Å². The summed E-state index contributed by atoms with van der Waals surface area (Å²) in [6.07, 6.45) is 4.13. The van der Waals surface area contributed by atoms with Gasteiger partial charge in [0.15, 0.2) is 11.5 Å². The van der Waals surface area contributed by atoms with Gasteiger partial charge in [-0.15, -0.1) is 0 Å². The van der Waals surface area contributed by atoms with E-state index in [4.69, 9.17) is 14.2 Å². The van der Waals surface area contributed by atoms with Gasteiger partial charge in [-0.25, -0.2) is 0 Å². The minimum absolute atomic E-state index is 0.136. The summed E-state index contributed by atoms with van der Waals surface area (Å²) in [5.41, 5.74) is 0.643. The summed E-state index contributed by atoms with van der Waals surface area (Å²) in [6, 6.07) is 3.59. The number of amides is 1. The lowest BCUT2D eigenvalue weighted by atomic mass is 9.82. The average Bonchev–Trinajstić information content (AvgIpc) is 2.48. The van der Waals surface area contributed by atoms with E-state index >= 15 is 0 Å². The third-order valence-electron chi connectivity index (χ3n) is 3.55. The van der Waals surface area contributed by atoms with Gasteiger partial charge in [0.1, 0.15) is 0 Å². The van der Waals surface area contributed by atoms with Gasteiger partial charge in [0.25, 0.3) is 0 Å². The van der Waals surface area contributed by atoms with E-state index in [0.717, 1.165) is 12.0 Å². The Kier molecular flexibility index (Phi) is 6.91. The number of benzene rings is 1. The monoisotopic (exact) mass is 349 g/mol. The van der Waals surface area contributed by atoms with E-state index in [1.54, 1.807) is 39.5 Å². The summed E-state index contributed by atoms with van der Waals surface area (Å²) in [6.45, 7) is 10.5. The van der Waals surface area contributed by atoms with Crippen molar-refractivity contribution >= 4 is 12.0 Å². The molecule has 1 rings (SSSR count). The minimum atomic E-state index is -0.283. The molecule has 0 saturated carbocycles. The number of hydrogen-bond acceptors (Lipinski definition) is 4. The van der Waals surface area contributed by atoms with Crippen LogP contribution >= 0.6 is 0 Å². The van der Waals surface area contributed by atoms with Crippen molar-refractivity contribution in [3.63, 3.8) is 0 Å². The van der Waals surface area contributed by atoms with Crippen molar-refractivity contribution in [2.24, 2.45) is 5.41 Å². The van der Waals surface area contributed by atoms with E-state index < -0.39 is 0 Å². The van der Waals surface area contributed by atoms with Crippen LogP contribution in [-0.4, -0.2) is 32.8 Å². The molecule has 5 nitrogen and oxygen atoms in total. The Morgan fingerprint density at radius 2 is 1.52 bits per heavy atom. The second-order valence-corrected chi connectivity index (χ2v) is 7.90. The van der Waals surface area contributed by atoms with Crippen LogP contribution in [0.5, 0.6) is 17.2 Å². The number of ether oxygens (including phenoxy) is 3. The molecule has 0 unspecified atom stereocenters. The van der Waals surface area contributed by atoms with Gasteiger partial charge in [0, 0.05) is 11.6 Å². The molecule has 0 fully saturated rings. The van der Waals surface area contributed by atoms with E-state index in [2.05, 4.69) is 26.1 Å². The quantitative estimate of drug-likeness (QED) is 0.754. The molecule has 0 saturated heterocycles. The first-order valence-corrected chi connectivity index (χ1v) is 8.31. The summed E-state index contributed by atoms with van der Waals surface area (Å²) < 4.78 is 15.9. The van der Waals surface area contributed by atoms with E-state index in [1.165, 1.54) is 6.08 Å². The molecule has 1 amide bonds. The third-order valence-corrected chi connectivity index (χ3v) is 3.55.